The Labute approximate surface area is 149 Å². The minimum atomic E-state index is -0.412. The Morgan fingerprint density at radius 3 is 2.80 bits per heavy atom. The Hall–Kier alpha value is -2.53. The lowest BCUT2D eigenvalue weighted by molar-refractivity contribution is 0.0935. The third-order valence-electron chi connectivity index (χ3n) is 5.19. The zero-order chi connectivity index (χ0) is 17.0. The highest BCUT2D eigenvalue weighted by molar-refractivity contribution is 7.16. The molecule has 126 valence electrons. The summed E-state index contributed by atoms with van der Waals surface area (Å²) in [5.41, 5.74) is 2.73. The summed E-state index contributed by atoms with van der Waals surface area (Å²) in [5, 5.41) is 19.9. The van der Waals surface area contributed by atoms with Crippen LogP contribution in [0.5, 0.6) is 5.75 Å². The molecule has 0 bridgehead atoms. The number of thiophene rings is 1. The number of aryl methyl sites for hydroxylation is 1. The molecule has 2 heterocycles. The molecule has 0 fully saturated rings. The third-order valence-corrected chi connectivity index (χ3v) is 6.42. The Morgan fingerprint density at radius 1 is 1.04 bits per heavy atom. The van der Waals surface area contributed by atoms with Crippen molar-refractivity contribution in [2.75, 3.05) is 5.32 Å². The van der Waals surface area contributed by atoms with Gasteiger partial charge in [-0.2, -0.15) is 0 Å². The number of anilines is 1. The van der Waals surface area contributed by atoms with Crippen molar-refractivity contribution in [3.63, 3.8) is 0 Å². The summed E-state index contributed by atoms with van der Waals surface area (Å²) in [5.74, 6) is 0.186. The zero-order valence-corrected chi connectivity index (χ0v) is 14.5. The first-order chi connectivity index (χ1) is 12.2. The molecule has 2 aromatic carbocycles. The number of phenolic OH excluding ortho intramolecular Hbond substituents is 1. The van der Waals surface area contributed by atoms with Crippen LogP contribution in [0.2, 0.25) is 0 Å². The van der Waals surface area contributed by atoms with Crippen molar-refractivity contribution < 1.29 is 9.90 Å². The van der Waals surface area contributed by atoms with E-state index < -0.39 is 6.17 Å². The number of benzene rings is 2. The molecule has 4 nitrogen and oxygen atoms in total. The summed E-state index contributed by atoms with van der Waals surface area (Å²) < 4.78 is 0. The Bertz CT molecular complexity index is 1010. The molecule has 0 spiro atoms. The first-order valence-corrected chi connectivity index (χ1v) is 9.46. The van der Waals surface area contributed by atoms with Gasteiger partial charge in [-0.3, -0.25) is 4.79 Å². The predicted octanol–water partition coefficient (Wildman–Crippen LogP) is 4.34. The van der Waals surface area contributed by atoms with Crippen LogP contribution in [0.4, 0.5) is 5.00 Å². The minimum absolute atomic E-state index is 0.0364. The van der Waals surface area contributed by atoms with E-state index in [4.69, 9.17) is 0 Å². The van der Waals surface area contributed by atoms with Gasteiger partial charge in [-0.25, -0.2) is 0 Å². The van der Waals surface area contributed by atoms with Gasteiger partial charge in [0.05, 0.1) is 5.56 Å². The molecule has 1 amide bonds. The van der Waals surface area contributed by atoms with Crippen molar-refractivity contribution in [1.82, 2.24) is 5.32 Å². The van der Waals surface area contributed by atoms with Gasteiger partial charge in [0.2, 0.25) is 0 Å². The van der Waals surface area contributed by atoms with Crippen LogP contribution in [0.15, 0.2) is 36.4 Å². The van der Waals surface area contributed by atoms with Gasteiger partial charge in [0.25, 0.3) is 5.91 Å². The maximum atomic E-state index is 12.8. The van der Waals surface area contributed by atoms with E-state index in [0.29, 0.717) is 5.56 Å². The monoisotopic (exact) mass is 350 g/mol. The van der Waals surface area contributed by atoms with Crippen molar-refractivity contribution in [1.29, 1.82) is 0 Å². The highest BCUT2D eigenvalue weighted by Gasteiger charge is 2.33. The highest BCUT2D eigenvalue weighted by atomic mass is 32.1. The number of phenols is 1. The van der Waals surface area contributed by atoms with Gasteiger partial charge in [-0.15, -0.1) is 11.3 Å². The fraction of sp³-hybridized carbons (Fsp3) is 0.250. The number of carbonyl (C=O) groups excluding carboxylic acids is 1. The molecule has 5 heteroatoms. The molecule has 1 aromatic heterocycles. The van der Waals surface area contributed by atoms with Crippen LogP contribution in [0.1, 0.15) is 45.4 Å². The third kappa shape index (κ3) is 2.23. The Balaban J connectivity index is 1.58. The first kappa shape index (κ1) is 14.8. The number of amides is 1. The van der Waals surface area contributed by atoms with E-state index in [1.54, 1.807) is 11.3 Å². The van der Waals surface area contributed by atoms with E-state index in [9.17, 15) is 9.90 Å². The molecule has 0 unspecified atom stereocenters. The molecule has 0 radical (unpaired) electrons. The summed E-state index contributed by atoms with van der Waals surface area (Å²) in [4.78, 5) is 14.1. The van der Waals surface area contributed by atoms with Gasteiger partial charge in [0, 0.05) is 15.8 Å². The Morgan fingerprint density at radius 2 is 1.88 bits per heavy atom. The van der Waals surface area contributed by atoms with Crippen molar-refractivity contribution in [3.05, 3.63) is 58.0 Å². The number of nitrogens with one attached hydrogen (secondary N) is 2. The van der Waals surface area contributed by atoms with E-state index in [1.165, 1.54) is 16.9 Å². The van der Waals surface area contributed by atoms with Gasteiger partial charge in [-0.1, -0.05) is 36.4 Å². The molecule has 1 atom stereocenters. The summed E-state index contributed by atoms with van der Waals surface area (Å²) in [6.07, 6.45) is 3.99. The van der Waals surface area contributed by atoms with Crippen molar-refractivity contribution in [2.24, 2.45) is 0 Å². The molecule has 3 aromatic rings. The molecule has 5 rings (SSSR count). The van der Waals surface area contributed by atoms with Gasteiger partial charge < -0.3 is 15.7 Å². The summed E-state index contributed by atoms with van der Waals surface area (Å²) in [6.45, 7) is 0. The summed E-state index contributed by atoms with van der Waals surface area (Å²) in [6, 6.07) is 11.6. The number of fused-ring (bicyclic) bond motifs is 4. The van der Waals surface area contributed by atoms with Gasteiger partial charge in [-0.05, 0) is 36.6 Å². The van der Waals surface area contributed by atoms with Crippen LogP contribution in [-0.2, 0) is 12.8 Å². The van der Waals surface area contributed by atoms with Crippen LogP contribution < -0.4 is 10.6 Å². The zero-order valence-electron chi connectivity index (χ0n) is 13.6. The van der Waals surface area contributed by atoms with Crippen LogP contribution in [0, 0.1) is 0 Å². The number of hydrogen-bond donors (Lipinski definition) is 3. The maximum absolute atomic E-state index is 12.8. The lowest BCUT2D eigenvalue weighted by Gasteiger charge is -2.27. The normalized spacial score (nSPS) is 19.0. The second-order valence-corrected chi connectivity index (χ2v) is 7.80. The second kappa shape index (κ2) is 5.49. The standard InChI is InChI=1S/C20H18N2O2S/c23-17-12-6-2-1-5-11(12)9-10-14(17)18-21-19(24)16-13-7-3-4-8-15(13)25-20(16)22-18/h1-2,5-6,9-10,18,22-23H,3-4,7-8H2,(H,21,24)/t18-/m0/s1. The lowest BCUT2D eigenvalue weighted by atomic mass is 9.94. The molecule has 2 aliphatic rings. The van der Waals surface area contributed by atoms with Crippen molar-refractivity contribution >= 4 is 33.0 Å². The molecule has 0 saturated carbocycles. The number of aromatic hydroxyl groups is 1. The summed E-state index contributed by atoms with van der Waals surface area (Å²) in [7, 11) is 0. The van der Waals surface area contributed by atoms with E-state index in [1.807, 2.05) is 36.4 Å². The molecule has 1 aliphatic heterocycles. The molecule has 3 N–H and O–H groups in total. The van der Waals surface area contributed by atoms with Crippen LogP contribution >= 0.6 is 11.3 Å². The van der Waals surface area contributed by atoms with Gasteiger partial charge in [0.1, 0.15) is 16.9 Å². The number of hydrogen-bond acceptors (Lipinski definition) is 4. The Kier molecular flexibility index (Phi) is 3.25. The van der Waals surface area contributed by atoms with Crippen molar-refractivity contribution in [3.8, 4) is 5.75 Å². The smallest absolute Gasteiger partial charge is 0.256 e. The largest absolute Gasteiger partial charge is 0.507 e. The fourth-order valence-corrected chi connectivity index (χ4v) is 5.25. The van der Waals surface area contributed by atoms with Crippen molar-refractivity contribution in [2.45, 2.75) is 31.8 Å². The fourth-order valence-electron chi connectivity index (χ4n) is 3.94. The van der Waals surface area contributed by atoms with Gasteiger partial charge >= 0.3 is 0 Å². The summed E-state index contributed by atoms with van der Waals surface area (Å²) >= 11 is 1.70. The highest BCUT2D eigenvalue weighted by Crippen LogP contribution is 2.43. The molecule has 1 aliphatic carbocycles. The quantitative estimate of drug-likeness (QED) is 0.612. The average Bonchev–Trinajstić information content (AvgIpc) is 3.01. The second-order valence-electron chi connectivity index (χ2n) is 6.69. The van der Waals surface area contributed by atoms with E-state index in [2.05, 4.69) is 10.6 Å². The minimum Gasteiger partial charge on any atom is -0.507 e. The predicted molar refractivity (Wildman–Crippen MR) is 100 cm³/mol. The molecular formula is C20H18N2O2S. The van der Waals surface area contributed by atoms with Crippen LogP contribution in [0.3, 0.4) is 0 Å². The van der Waals surface area contributed by atoms with Crippen LogP contribution in [0.25, 0.3) is 10.8 Å². The van der Waals surface area contributed by atoms with E-state index >= 15 is 0 Å². The SMILES string of the molecule is O=C1N[C@H](c2ccc3ccccc3c2O)Nc2sc3c(c21)CCCC3. The number of carbonyl (C=O) groups is 1. The van der Waals surface area contributed by atoms with E-state index in [0.717, 1.165) is 40.6 Å². The number of rotatable bonds is 1. The molecule has 0 saturated heterocycles. The molecular weight excluding hydrogens is 332 g/mol. The average molecular weight is 350 g/mol. The maximum Gasteiger partial charge on any atom is 0.256 e. The topological polar surface area (TPSA) is 61.4 Å². The van der Waals surface area contributed by atoms with Crippen LogP contribution in [-0.4, -0.2) is 11.0 Å². The molecule has 25 heavy (non-hydrogen) atoms. The van der Waals surface area contributed by atoms with Gasteiger partial charge in [0.15, 0.2) is 0 Å². The first-order valence-electron chi connectivity index (χ1n) is 8.65. The lowest BCUT2D eigenvalue weighted by Crippen LogP contribution is -2.38. The van der Waals surface area contributed by atoms with E-state index in [-0.39, 0.29) is 11.7 Å².